The zero-order chi connectivity index (χ0) is 17.9. The number of hydrogen-bond acceptors (Lipinski definition) is 2. The Morgan fingerprint density at radius 3 is 2.58 bits per heavy atom. The van der Waals surface area contributed by atoms with Gasteiger partial charge in [-0.3, -0.25) is 9.89 Å². The highest BCUT2D eigenvalue weighted by Crippen LogP contribution is 2.20. The van der Waals surface area contributed by atoms with Crippen molar-refractivity contribution in [2.45, 2.75) is 19.8 Å². The van der Waals surface area contributed by atoms with Crippen molar-refractivity contribution in [3.8, 4) is 0 Å². The average molecular weight is 345 g/mol. The van der Waals surface area contributed by atoms with Gasteiger partial charge in [-0.25, -0.2) is 0 Å². The quantitative estimate of drug-likeness (QED) is 0.754. The van der Waals surface area contributed by atoms with Gasteiger partial charge in [-0.05, 0) is 48.6 Å². The molecule has 1 aliphatic rings. The third kappa shape index (κ3) is 3.40. The highest BCUT2D eigenvalue weighted by molar-refractivity contribution is 5.95. The average Bonchev–Trinajstić information content (AvgIpc) is 3.10. The molecule has 1 N–H and O–H groups in total. The largest absolute Gasteiger partial charge is 0.339 e. The van der Waals surface area contributed by atoms with Gasteiger partial charge < -0.3 is 4.90 Å². The molecule has 1 amide bonds. The Morgan fingerprint density at radius 1 is 1.08 bits per heavy atom. The first-order chi connectivity index (χ1) is 12.7. The number of aromatic amines is 1. The summed E-state index contributed by atoms with van der Waals surface area (Å²) in [7, 11) is 0. The number of piperidine rings is 1. The molecule has 0 radical (unpaired) electrons. The standard InChI is InChI=1S/C22H23N3O/c1-16-12-14-25(15-13-16)22(26)18-9-6-17(7-10-18)8-11-21-19-4-2-3-5-20(19)23-24-21/h2-11,16H,12-15H2,1H3,(H,23,24)/b11-8+. The predicted octanol–water partition coefficient (Wildman–Crippen LogP) is 4.61. The second-order valence-corrected chi connectivity index (χ2v) is 7.08. The summed E-state index contributed by atoms with van der Waals surface area (Å²) in [6, 6.07) is 15.9. The van der Waals surface area contributed by atoms with E-state index in [1.165, 1.54) is 0 Å². The Labute approximate surface area is 153 Å². The van der Waals surface area contributed by atoms with E-state index in [1.807, 2.05) is 59.5 Å². The summed E-state index contributed by atoms with van der Waals surface area (Å²) in [5, 5.41) is 8.49. The monoisotopic (exact) mass is 345 g/mol. The molecule has 0 atom stereocenters. The normalized spacial score (nSPS) is 15.8. The number of nitrogens with zero attached hydrogens (tertiary/aromatic N) is 2. The molecule has 0 unspecified atom stereocenters. The first-order valence-corrected chi connectivity index (χ1v) is 9.21. The second-order valence-electron chi connectivity index (χ2n) is 7.08. The number of carbonyl (C=O) groups excluding carboxylic acids is 1. The highest BCUT2D eigenvalue weighted by Gasteiger charge is 2.21. The van der Waals surface area contributed by atoms with Crippen LogP contribution in [0.25, 0.3) is 23.1 Å². The van der Waals surface area contributed by atoms with Crippen LogP contribution in [0.3, 0.4) is 0 Å². The van der Waals surface area contributed by atoms with E-state index < -0.39 is 0 Å². The molecule has 0 spiro atoms. The predicted molar refractivity (Wildman–Crippen MR) is 106 cm³/mol. The van der Waals surface area contributed by atoms with Gasteiger partial charge in [0.25, 0.3) is 5.91 Å². The number of nitrogens with one attached hydrogen (secondary N) is 1. The molecule has 2 heterocycles. The Bertz CT molecular complexity index is 931. The number of amides is 1. The fourth-order valence-electron chi connectivity index (χ4n) is 3.42. The smallest absolute Gasteiger partial charge is 0.253 e. The van der Waals surface area contributed by atoms with Crippen molar-refractivity contribution in [2.24, 2.45) is 5.92 Å². The van der Waals surface area contributed by atoms with Gasteiger partial charge in [-0.15, -0.1) is 0 Å². The number of H-pyrrole nitrogens is 1. The molecule has 26 heavy (non-hydrogen) atoms. The summed E-state index contributed by atoms with van der Waals surface area (Å²) >= 11 is 0. The van der Waals surface area contributed by atoms with E-state index in [1.54, 1.807) is 0 Å². The number of para-hydroxylation sites is 1. The van der Waals surface area contributed by atoms with Crippen LogP contribution in [0.15, 0.2) is 48.5 Å². The van der Waals surface area contributed by atoms with Crippen molar-refractivity contribution in [1.29, 1.82) is 0 Å². The van der Waals surface area contributed by atoms with Gasteiger partial charge in [0.15, 0.2) is 0 Å². The van der Waals surface area contributed by atoms with Crippen molar-refractivity contribution in [3.63, 3.8) is 0 Å². The molecule has 1 saturated heterocycles. The van der Waals surface area contributed by atoms with Gasteiger partial charge in [0.2, 0.25) is 0 Å². The van der Waals surface area contributed by atoms with Crippen LogP contribution < -0.4 is 0 Å². The lowest BCUT2D eigenvalue weighted by Crippen LogP contribution is -2.37. The van der Waals surface area contributed by atoms with Gasteiger partial charge in [-0.1, -0.05) is 43.3 Å². The molecule has 132 valence electrons. The van der Waals surface area contributed by atoms with E-state index in [-0.39, 0.29) is 5.91 Å². The summed E-state index contributed by atoms with van der Waals surface area (Å²) in [5.41, 5.74) is 3.77. The summed E-state index contributed by atoms with van der Waals surface area (Å²) < 4.78 is 0. The minimum atomic E-state index is 0.144. The van der Waals surface area contributed by atoms with Crippen molar-refractivity contribution in [2.75, 3.05) is 13.1 Å². The van der Waals surface area contributed by atoms with E-state index in [0.29, 0.717) is 0 Å². The molecule has 4 heteroatoms. The second kappa shape index (κ2) is 7.16. The first kappa shape index (κ1) is 16.6. The molecule has 0 aliphatic carbocycles. The lowest BCUT2D eigenvalue weighted by Gasteiger charge is -2.30. The van der Waals surface area contributed by atoms with E-state index in [4.69, 9.17) is 0 Å². The van der Waals surface area contributed by atoms with Gasteiger partial charge >= 0.3 is 0 Å². The van der Waals surface area contributed by atoms with Crippen molar-refractivity contribution < 1.29 is 4.79 Å². The molecule has 4 nitrogen and oxygen atoms in total. The molecule has 1 fully saturated rings. The van der Waals surface area contributed by atoms with Crippen LogP contribution in [0.1, 0.15) is 41.4 Å². The van der Waals surface area contributed by atoms with E-state index in [0.717, 1.165) is 59.6 Å². The molecule has 0 saturated carbocycles. The molecule has 1 aliphatic heterocycles. The fourth-order valence-corrected chi connectivity index (χ4v) is 3.42. The maximum absolute atomic E-state index is 12.6. The number of aromatic nitrogens is 2. The molecule has 2 aromatic carbocycles. The van der Waals surface area contributed by atoms with Crippen LogP contribution in [0.4, 0.5) is 0 Å². The summed E-state index contributed by atoms with van der Waals surface area (Å²) in [5.74, 6) is 0.871. The van der Waals surface area contributed by atoms with Crippen LogP contribution in [-0.4, -0.2) is 34.1 Å². The van der Waals surface area contributed by atoms with E-state index in [2.05, 4.69) is 23.2 Å². The first-order valence-electron chi connectivity index (χ1n) is 9.21. The molecular weight excluding hydrogens is 322 g/mol. The Morgan fingerprint density at radius 2 is 1.81 bits per heavy atom. The zero-order valence-corrected chi connectivity index (χ0v) is 15.0. The van der Waals surface area contributed by atoms with Gasteiger partial charge in [0, 0.05) is 24.0 Å². The number of hydrogen-bond donors (Lipinski definition) is 1. The van der Waals surface area contributed by atoms with Crippen LogP contribution >= 0.6 is 0 Å². The Hall–Kier alpha value is -2.88. The molecular formula is C22H23N3O. The number of fused-ring (bicyclic) bond motifs is 1. The lowest BCUT2D eigenvalue weighted by molar-refractivity contribution is 0.0697. The van der Waals surface area contributed by atoms with E-state index >= 15 is 0 Å². The zero-order valence-electron chi connectivity index (χ0n) is 15.0. The third-order valence-corrected chi connectivity index (χ3v) is 5.16. The minimum Gasteiger partial charge on any atom is -0.339 e. The Balaban J connectivity index is 1.46. The number of likely N-dealkylation sites (tertiary alicyclic amines) is 1. The van der Waals surface area contributed by atoms with Crippen molar-refractivity contribution >= 4 is 29.0 Å². The molecule has 0 bridgehead atoms. The third-order valence-electron chi connectivity index (χ3n) is 5.16. The Kier molecular flexibility index (Phi) is 4.57. The van der Waals surface area contributed by atoms with Crippen molar-refractivity contribution in [3.05, 3.63) is 65.4 Å². The van der Waals surface area contributed by atoms with Gasteiger partial charge in [0.1, 0.15) is 0 Å². The van der Waals surface area contributed by atoms with Crippen LogP contribution in [0.5, 0.6) is 0 Å². The van der Waals surface area contributed by atoms with Gasteiger partial charge in [0.05, 0.1) is 11.2 Å². The van der Waals surface area contributed by atoms with Gasteiger partial charge in [-0.2, -0.15) is 5.10 Å². The molecule has 1 aromatic heterocycles. The van der Waals surface area contributed by atoms with Crippen LogP contribution in [0.2, 0.25) is 0 Å². The van der Waals surface area contributed by atoms with Crippen LogP contribution in [-0.2, 0) is 0 Å². The number of benzene rings is 2. The molecule has 3 aromatic rings. The maximum atomic E-state index is 12.6. The summed E-state index contributed by atoms with van der Waals surface area (Å²) in [4.78, 5) is 14.6. The van der Waals surface area contributed by atoms with E-state index in [9.17, 15) is 4.79 Å². The number of carbonyl (C=O) groups is 1. The number of rotatable bonds is 3. The topological polar surface area (TPSA) is 49.0 Å². The minimum absolute atomic E-state index is 0.144. The fraction of sp³-hybridized carbons (Fsp3) is 0.273. The summed E-state index contributed by atoms with van der Waals surface area (Å²) in [6.07, 6.45) is 6.23. The lowest BCUT2D eigenvalue weighted by atomic mass is 9.98. The maximum Gasteiger partial charge on any atom is 0.253 e. The highest BCUT2D eigenvalue weighted by atomic mass is 16.2. The molecule has 4 rings (SSSR count). The van der Waals surface area contributed by atoms with Crippen LogP contribution in [0, 0.1) is 5.92 Å². The summed E-state index contributed by atoms with van der Waals surface area (Å²) in [6.45, 7) is 3.99. The van der Waals surface area contributed by atoms with Crippen molar-refractivity contribution in [1.82, 2.24) is 15.1 Å². The SMILES string of the molecule is CC1CCN(C(=O)c2ccc(/C=C/c3n[nH]c4ccccc34)cc2)CC1.